The van der Waals surface area contributed by atoms with E-state index in [9.17, 15) is 0 Å². The molecule has 0 spiro atoms. The zero-order valence-corrected chi connectivity index (χ0v) is 80.4. The summed E-state index contributed by atoms with van der Waals surface area (Å²) in [5.41, 5.74) is 29.0. The quantitative estimate of drug-likeness (QED) is 0.117. The van der Waals surface area contributed by atoms with Crippen molar-refractivity contribution in [1.82, 2.24) is 29.9 Å². The third kappa shape index (κ3) is 15.0. The van der Waals surface area contributed by atoms with Crippen molar-refractivity contribution >= 4 is 185 Å². The minimum absolute atomic E-state index is 0.697. The molecule has 6 heterocycles. The summed E-state index contributed by atoms with van der Waals surface area (Å²) < 4.78 is 18.6. The van der Waals surface area contributed by atoms with Crippen LogP contribution in [0.25, 0.3) is 308 Å². The van der Waals surface area contributed by atoms with Gasteiger partial charge in [0.2, 0.25) is 0 Å². The highest BCUT2D eigenvalue weighted by atomic mass is 16.3. The van der Waals surface area contributed by atoms with Crippen LogP contribution in [0.1, 0.15) is 0 Å². The molecule has 0 unspecified atom stereocenters. The molecule has 0 radical (unpaired) electrons. The number of rotatable bonds is 11. The van der Waals surface area contributed by atoms with E-state index in [1.807, 2.05) is 42.5 Å². The van der Waals surface area contributed by atoms with Crippen LogP contribution in [0.5, 0.6) is 0 Å². The molecule has 0 atom stereocenters. The van der Waals surface area contributed by atoms with E-state index < -0.39 is 0 Å². The van der Waals surface area contributed by atoms with Gasteiger partial charge >= 0.3 is 0 Å². The van der Waals surface area contributed by atoms with Crippen molar-refractivity contribution in [3.8, 4) is 124 Å². The van der Waals surface area contributed by atoms with Gasteiger partial charge in [-0.1, -0.05) is 406 Å². The highest BCUT2D eigenvalue weighted by Crippen LogP contribution is 2.48. The van der Waals surface area contributed by atoms with Crippen molar-refractivity contribution in [1.29, 1.82) is 0 Å². The van der Waals surface area contributed by atoms with Gasteiger partial charge in [0.25, 0.3) is 0 Å². The molecule has 0 fully saturated rings. The molecule has 0 saturated carbocycles. The lowest BCUT2D eigenvalue weighted by molar-refractivity contribution is 0.668. The second-order valence-electron chi connectivity index (χ2n) is 38.4. The van der Waals surface area contributed by atoms with E-state index in [2.05, 4.69) is 467 Å². The zero-order valence-electron chi connectivity index (χ0n) is 80.4. The molecule has 0 saturated heterocycles. The Labute approximate surface area is 854 Å². The highest BCUT2D eigenvalue weighted by molar-refractivity contribution is 6.28. The van der Waals surface area contributed by atoms with E-state index in [0.717, 1.165) is 226 Å². The van der Waals surface area contributed by atoms with Crippen LogP contribution in [-0.2, 0) is 0 Å². The first-order chi connectivity index (χ1) is 73.8. The second-order valence-corrected chi connectivity index (χ2v) is 38.4. The number of para-hydroxylation sites is 4. The minimum atomic E-state index is 0.697. The van der Waals surface area contributed by atoms with Gasteiger partial charge in [-0.05, 0) is 240 Å². The van der Waals surface area contributed by atoms with Crippen LogP contribution in [0.2, 0.25) is 0 Å². The fourth-order valence-corrected chi connectivity index (χ4v) is 22.6. The summed E-state index contributed by atoms with van der Waals surface area (Å²) in [7, 11) is 0. The predicted molar refractivity (Wildman–Crippen MR) is 620 cm³/mol. The summed E-state index contributed by atoms with van der Waals surface area (Å²) in [6.45, 7) is 0. The molecule has 0 amide bonds. The number of fused-ring (bicyclic) bond motifs is 23. The molecular weight excluding hydrogens is 1810 g/mol. The van der Waals surface area contributed by atoms with Gasteiger partial charge in [-0.3, -0.25) is 0 Å². The topological polar surface area (TPSA) is 117 Å². The van der Waals surface area contributed by atoms with E-state index in [-0.39, 0.29) is 0 Å². The van der Waals surface area contributed by atoms with E-state index in [0.29, 0.717) is 5.82 Å². The van der Waals surface area contributed by atoms with Gasteiger partial charge in [-0.25, -0.2) is 29.9 Å². The summed E-state index contributed by atoms with van der Waals surface area (Å²) >= 11 is 0. The van der Waals surface area contributed by atoms with Crippen LogP contribution in [0.3, 0.4) is 0 Å². The third-order valence-electron chi connectivity index (χ3n) is 29.8. The predicted octanol–water partition coefficient (Wildman–Crippen LogP) is 38.2. The normalized spacial score (nSPS) is 11.8. The SMILES string of the molecule is c1ccc(-c2ccc3cc(-c4nc(-c5ccc6cc(-c7ccccc7)ccc6c5)c5c6ccccc6c6ccccc6c5n4)ccc3c2)cc1.c1ccc(-c2nc(-c3cccc4c(-c5ccc6oc7cc8ccccc8cc7c6c5)cccc34)nc3ccccc23)cc1.c1ccc2c(-c3ccc(-c4ccc5oc6ccccc6c5c4)c4ccccc34)nc(-c3ccc(-c4ccc5oc6ccccc6c5c4)c4ccccc34)nc2c1. The Bertz CT molecular complexity index is 10900. The Hall–Kier alpha value is -20.0. The summed E-state index contributed by atoms with van der Waals surface area (Å²) in [6.07, 6.45) is 0. The number of hydrogen-bond acceptors (Lipinski definition) is 9. The standard InChI is InChI=1S/C52H30N2O2.C48H30N2.C40H24N2O/c1-3-13-37-35(11-1)33(31-21-27-49-44(29-31)39-15-6-9-19-47(39)55-49)23-25-41(37)51-43-17-5-8-18-46(43)53-52(54-51)42-26-24-34(36-12-2-4-14-38(36)42)32-22-28-50-45(30-32)40-16-7-10-20-48(40)56-50;1-3-11-31(12-4-1)33-19-21-37-29-39(25-23-35(37)27-33)46-45-43-17-9-7-15-41(43)42-16-8-10-18-44(42)47(45)50-48(49-46)40-26-24-36-28-34(20-22-38(36)30-40)32-13-5-2-6-14-32;1-2-10-25(11-3-1)39-33-14-6-7-19-36(33)41-40(42-39)32-18-9-16-30-29(15-8-17-31(30)32)28-20-21-37-34(23-28)35-22-26-12-4-5-13-27(26)24-38(35)43-37/h1-30H;1-30H;1-24H. The Kier molecular flexibility index (Phi) is 20.5. The van der Waals surface area contributed by atoms with Crippen LogP contribution in [0.15, 0.2) is 523 Å². The minimum Gasteiger partial charge on any atom is -0.456 e. The fraction of sp³-hybridized carbons (Fsp3) is 0. The van der Waals surface area contributed by atoms with Crippen molar-refractivity contribution in [3.63, 3.8) is 0 Å². The molecule has 9 nitrogen and oxygen atoms in total. The molecule has 0 aliphatic rings. The van der Waals surface area contributed by atoms with Crippen LogP contribution in [0.4, 0.5) is 0 Å². The Morgan fingerprint density at radius 2 is 0.450 bits per heavy atom. The van der Waals surface area contributed by atoms with Gasteiger partial charge in [0.05, 0.1) is 33.6 Å². The van der Waals surface area contributed by atoms with Gasteiger partial charge in [0.15, 0.2) is 17.5 Å². The number of hydrogen-bond donors (Lipinski definition) is 0. The monoisotopic (exact) mass is 1900 g/mol. The Morgan fingerprint density at radius 1 is 0.128 bits per heavy atom. The summed E-state index contributed by atoms with van der Waals surface area (Å²) in [5, 5.41) is 28.5. The molecule has 149 heavy (non-hydrogen) atoms. The average Bonchev–Trinajstić information content (AvgIpc) is 1.42. The number of furan rings is 3. The molecule has 6 aromatic heterocycles. The molecule has 0 aliphatic carbocycles. The summed E-state index contributed by atoms with van der Waals surface area (Å²) in [6, 6.07) is 180. The third-order valence-corrected chi connectivity index (χ3v) is 29.8. The van der Waals surface area contributed by atoms with Crippen molar-refractivity contribution < 1.29 is 13.3 Å². The van der Waals surface area contributed by atoms with E-state index in [4.69, 9.17) is 43.2 Å². The lowest BCUT2D eigenvalue weighted by Gasteiger charge is -2.16. The molecule has 9 heteroatoms. The fourth-order valence-electron chi connectivity index (χ4n) is 22.6. The maximum atomic E-state index is 6.28. The zero-order chi connectivity index (χ0) is 98.1. The van der Waals surface area contributed by atoms with Crippen molar-refractivity contribution in [2.75, 3.05) is 0 Å². The number of aromatic nitrogens is 6. The molecule has 0 N–H and O–H groups in total. The first kappa shape index (κ1) is 85.7. The molecule has 25 aromatic carbocycles. The summed E-state index contributed by atoms with van der Waals surface area (Å²) in [4.78, 5) is 31.7. The number of nitrogens with zero attached hydrogens (tertiary/aromatic N) is 6. The first-order valence-electron chi connectivity index (χ1n) is 50.5. The molecular formula is C140H84N6O3. The highest BCUT2D eigenvalue weighted by Gasteiger charge is 2.25. The molecule has 31 aromatic rings. The van der Waals surface area contributed by atoms with Crippen LogP contribution in [-0.4, -0.2) is 29.9 Å². The van der Waals surface area contributed by atoms with Crippen LogP contribution in [0, 0.1) is 0 Å². The second kappa shape index (κ2) is 35.5. The Balaban J connectivity index is 0.000000106. The van der Waals surface area contributed by atoms with Crippen LogP contribution >= 0.6 is 0 Å². The van der Waals surface area contributed by atoms with E-state index in [1.165, 1.54) is 76.5 Å². The van der Waals surface area contributed by atoms with Gasteiger partial charge in [-0.15, -0.1) is 0 Å². The maximum Gasteiger partial charge on any atom is 0.161 e. The van der Waals surface area contributed by atoms with Gasteiger partial charge in [0, 0.05) is 87.2 Å². The van der Waals surface area contributed by atoms with Crippen LogP contribution < -0.4 is 0 Å². The largest absolute Gasteiger partial charge is 0.456 e. The maximum absolute atomic E-state index is 6.28. The lowest BCUT2D eigenvalue weighted by atomic mass is 9.92. The smallest absolute Gasteiger partial charge is 0.161 e. The van der Waals surface area contributed by atoms with Crippen molar-refractivity contribution in [2.24, 2.45) is 0 Å². The van der Waals surface area contributed by atoms with Gasteiger partial charge in [0.1, 0.15) is 33.5 Å². The molecule has 0 bridgehead atoms. The van der Waals surface area contributed by atoms with Gasteiger partial charge < -0.3 is 13.3 Å². The molecule has 0 aliphatic heterocycles. The molecule has 692 valence electrons. The van der Waals surface area contributed by atoms with Crippen molar-refractivity contribution in [2.45, 2.75) is 0 Å². The number of benzene rings is 25. The van der Waals surface area contributed by atoms with E-state index in [1.54, 1.807) is 0 Å². The summed E-state index contributed by atoms with van der Waals surface area (Å²) in [5.74, 6) is 2.15. The van der Waals surface area contributed by atoms with E-state index >= 15 is 0 Å². The molecule has 31 rings (SSSR count). The van der Waals surface area contributed by atoms with Gasteiger partial charge in [-0.2, -0.15) is 0 Å². The first-order valence-corrected chi connectivity index (χ1v) is 50.5. The Morgan fingerprint density at radius 3 is 0.993 bits per heavy atom. The lowest BCUT2D eigenvalue weighted by Crippen LogP contribution is -1.97. The average molecular weight is 1900 g/mol. The van der Waals surface area contributed by atoms with Crippen molar-refractivity contribution in [3.05, 3.63) is 510 Å².